The third-order valence-corrected chi connectivity index (χ3v) is 7.83. The Morgan fingerprint density at radius 1 is 1.19 bits per heavy atom. The SMILES string of the molecule is C=C1CC[C@H]2C(C)(C)[C@@H](OC(C)=O)CC[C@]2(C)[C@@H]1COc1ccc2ccc(=O)oc2c1. The molecule has 2 aliphatic rings. The van der Waals surface area contributed by atoms with Crippen LogP contribution in [-0.2, 0) is 9.53 Å². The summed E-state index contributed by atoms with van der Waals surface area (Å²) in [7, 11) is 0. The van der Waals surface area contributed by atoms with Crippen LogP contribution in [0.25, 0.3) is 11.0 Å². The van der Waals surface area contributed by atoms with Gasteiger partial charge in [-0.25, -0.2) is 4.79 Å². The quantitative estimate of drug-likeness (QED) is 0.368. The molecule has 0 N–H and O–H groups in total. The smallest absolute Gasteiger partial charge is 0.336 e. The summed E-state index contributed by atoms with van der Waals surface area (Å²) in [6, 6.07) is 8.77. The summed E-state index contributed by atoms with van der Waals surface area (Å²) in [6.07, 6.45) is 3.78. The number of benzene rings is 1. The minimum Gasteiger partial charge on any atom is -0.493 e. The van der Waals surface area contributed by atoms with Gasteiger partial charge in [0.25, 0.3) is 0 Å². The lowest BCUT2D eigenvalue weighted by atomic mass is 9.47. The summed E-state index contributed by atoms with van der Waals surface area (Å²) in [6.45, 7) is 13.2. The second kappa shape index (κ2) is 7.85. The first-order valence-electron chi connectivity index (χ1n) is 11.1. The van der Waals surface area contributed by atoms with Crippen LogP contribution in [0.5, 0.6) is 5.75 Å². The molecule has 2 aromatic rings. The molecule has 1 heterocycles. The van der Waals surface area contributed by atoms with Gasteiger partial charge in [-0.2, -0.15) is 0 Å². The van der Waals surface area contributed by atoms with Crippen molar-refractivity contribution < 1.29 is 18.7 Å². The van der Waals surface area contributed by atoms with Crippen molar-refractivity contribution in [3.63, 3.8) is 0 Å². The van der Waals surface area contributed by atoms with Crippen molar-refractivity contribution in [1.29, 1.82) is 0 Å². The number of rotatable bonds is 4. The van der Waals surface area contributed by atoms with Crippen molar-refractivity contribution in [2.24, 2.45) is 22.7 Å². The summed E-state index contributed by atoms with van der Waals surface area (Å²) in [4.78, 5) is 23.2. The molecule has 31 heavy (non-hydrogen) atoms. The number of carbonyl (C=O) groups is 1. The van der Waals surface area contributed by atoms with E-state index < -0.39 is 0 Å². The third kappa shape index (κ3) is 3.90. The van der Waals surface area contributed by atoms with E-state index >= 15 is 0 Å². The van der Waals surface area contributed by atoms with E-state index in [0.717, 1.165) is 31.1 Å². The molecule has 2 saturated carbocycles. The van der Waals surface area contributed by atoms with E-state index in [4.69, 9.17) is 13.9 Å². The largest absolute Gasteiger partial charge is 0.493 e. The molecule has 1 aromatic heterocycles. The lowest BCUT2D eigenvalue weighted by Gasteiger charge is -2.59. The second-order valence-corrected chi connectivity index (χ2v) is 10.0. The van der Waals surface area contributed by atoms with Crippen LogP contribution in [0.15, 0.2) is 51.7 Å². The number of fused-ring (bicyclic) bond motifs is 2. The van der Waals surface area contributed by atoms with E-state index in [9.17, 15) is 9.59 Å². The van der Waals surface area contributed by atoms with E-state index in [0.29, 0.717) is 23.9 Å². The van der Waals surface area contributed by atoms with Crippen molar-refractivity contribution in [3.05, 3.63) is 52.9 Å². The number of hydrogen-bond donors (Lipinski definition) is 0. The molecule has 1 aromatic carbocycles. The first-order chi connectivity index (χ1) is 14.6. The Labute approximate surface area is 183 Å². The first kappa shape index (κ1) is 21.7. The molecule has 0 saturated heterocycles. The lowest BCUT2D eigenvalue weighted by Crippen LogP contribution is -2.56. The van der Waals surface area contributed by atoms with Gasteiger partial charge >= 0.3 is 11.6 Å². The van der Waals surface area contributed by atoms with Gasteiger partial charge in [-0.3, -0.25) is 4.79 Å². The first-order valence-corrected chi connectivity index (χ1v) is 11.1. The molecule has 5 nitrogen and oxygen atoms in total. The Hall–Kier alpha value is -2.56. The van der Waals surface area contributed by atoms with Crippen LogP contribution >= 0.6 is 0 Å². The Morgan fingerprint density at radius 2 is 1.94 bits per heavy atom. The van der Waals surface area contributed by atoms with Gasteiger partial charge in [0.15, 0.2) is 0 Å². The Balaban J connectivity index is 1.56. The molecule has 0 aliphatic heterocycles. The molecular weight excluding hydrogens is 392 g/mol. The Kier molecular flexibility index (Phi) is 5.48. The van der Waals surface area contributed by atoms with Crippen molar-refractivity contribution in [2.75, 3.05) is 6.61 Å². The maximum absolute atomic E-state index is 11.6. The molecule has 2 aliphatic carbocycles. The van der Waals surface area contributed by atoms with Gasteiger partial charge in [0, 0.05) is 35.8 Å². The highest BCUT2D eigenvalue weighted by Gasteiger charge is 2.57. The predicted molar refractivity (Wildman–Crippen MR) is 120 cm³/mol. The van der Waals surface area contributed by atoms with Crippen LogP contribution < -0.4 is 10.4 Å². The summed E-state index contributed by atoms with van der Waals surface area (Å²) >= 11 is 0. The van der Waals surface area contributed by atoms with Gasteiger partial charge in [0.1, 0.15) is 17.4 Å². The molecule has 0 radical (unpaired) electrons. The minimum atomic E-state index is -0.368. The highest BCUT2D eigenvalue weighted by atomic mass is 16.5. The number of ether oxygens (including phenoxy) is 2. The van der Waals surface area contributed by atoms with Crippen LogP contribution in [0.2, 0.25) is 0 Å². The van der Waals surface area contributed by atoms with Crippen LogP contribution in [0.3, 0.4) is 0 Å². The number of esters is 1. The number of carbonyl (C=O) groups excluding carboxylic acids is 1. The fourth-order valence-corrected chi connectivity index (χ4v) is 6.18. The molecule has 5 heteroatoms. The Morgan fingerprint density at radius 3 is 2.68 bits per heavy atom. The molecule has 0 bridgehead atoms. The molecule has 0 amide bonds. The van der Waals surface area contributed by atoms with Crippen molar-refractivity contribution in [3.8, 4) is 5.75 Å². The lowest BCUT2D eigenvalue weighted by molar-refractivity contribution is -0.175. The third-order valence-electron chi connectivity index (χ3n) is 7.83. The second-order valence-electron chi connectivity index (χ2n) is 10.0. The molecule has 166 valence electrons. The summed E-state index contributed by atoms with van der Waals surface area (Å²) in [5, 5.41) is 0.867. The van der Waals surface area contributed by atoms with Crippen LogP contribution in [0.1, 0.15) is 53.4 Å². The fourth-order valence-electron chi connectivity index (χ4n) is 6.18. The van der Waals surface area contributed by atoms with Gasteiger partial charge in [-0.05, 0) is 55.2 Å². The average Bonchev–Trinajstić information content (AvgIpc) is 2.69. The van der Waals surface area contributed by atoms with Gasteiger partial charge in [-0.1, -0.05) is 32.9 Å². The van der Waals surface area contributed by atoms with E-state index in [-0.39, 0.29) is 34.4 Å². The normalized spacial score (nSPS) is 29.9. The molecule has 0 spiro atoms. The van der Waals surface area contributed by atoms with E-state index in [1.165, 1.54) is 18.6 Å². The van der Waals surface area contributed by atoms with Gasteiger partial charge in [0.05, 0.1) is 6.61 Å². The zero-order chi connectivity index (χ0) is 22.4. The standard InChI is InChI=1S/C26H32O5/c1-16-6-10-22-25(3,4)23(30-17(2)27)12-13-26(22,5)20(16)15-29-19-9-7-18-8-11-24(28)31-21(18)14-19/h7-9,11,14,20,22-23H,1,6,10,12-13,15H2,2-5H3/t20-,22+,23+,26-/m1/s1. The molecular formula is C26H32O5. The fraction of sp³-hybridized carbons (Fsp3) is 0.538. The highest BCUT2D eigenvalue weighted by molar-refractivity contribution is 5.77. The molecule has 2 fully saturated rings. The topological polar surface area (TPSA) is 65.7 Å². The van der Waals surface area contributed by atoms with Crippen molar-refractivity contribution in [1.82, 2.24) is 0 Å². The van der Waals surface area contributed by atoms with Crippen molar-refractivity contribution in [2.45, 2.75) is 59.5 Å². The van der Waals surface area contributed by atoms with Gasteiger partial charge in [-0.15, -0.1) is 0 Å². The number of hydrogen-bond acceptors (Lipinski definition) is 5. The van der Waals surface area contributed by atoms with Crippen molar-refractivity contribution >= 4 is 16.9 Å². The molecule has 4 atom stereocenters. The van der Waals surface area contributed by atoms with E-state index in [2.05, 4.69) is 27.4 Å². The highest BCUT2D eigenvalue weighted by Crippen LogP contribution is 2.61. The summed E-state index contributed by atoms with van der Waals surface area (Å²) in [5.41, 5.74) is 1.31. The maximum atomic E-state index is 11.6. The van der Waals surface area contributed by atoms with Crippen LogP contribution in [0, 0.1) is 22.7 Å². The minimum absolute atomic E-state index is 0.0267. The van der Waals surface area contributed by atoms with Gasteiger partial charge < -0.3 is 13.9 Å². The monoisotopic (exact) mass is 424 g/mol. The summed E-state index contributed by atoms with van der Waals surface area (Å²) in [5.74, 6) is 1.10. The van der Waals surface area contributed by atoms with E-state index in [1.54, 1.807) is 12.1 Å². The maximum Gasteiger partial charge on any atom is 0.336 e. The molecule has 0 unspecified atom stereocenters. The molecule has 4 rings (SSSR count). The van der Waals surface area contributed by atoms with Crippen LogP contribution in [0.4, 0.5) is 0 Å². The zero-order valence-corrected chi connectivity index (χ0v) is 18.9. The van der Waals surface area contributed by atoms with E-state index in [1.807, 2.05) is 12.1 Å². The predicted octanol–water partition coefficient (Wildman–Crippen LogP) is 5.51. The average molecular weight is 425 g/mol. The Bertz CT molecular complexity index is 1060. The zero-order valence-electron chi connectivity index (χ0n) is 18.9. The summed E-state index contributed by atoms with van der Waals surface area (Å²) < 4.78 is 17.2. The van der Waals surface area contributed by atoms with Gasteiger partial charge in [0.2, 0.25) is 0 Å². The van der Waals surface area contributed by atoms with Crippen LogP contribution in [-0.4, -0.2) is 18.7 Å².